The molecule has 0 saturated carbocycles. The third kappa shape index (κ3) is 6.42. The Morgan fingerprint density at radius 2 is 1.90 bits per heavy atom. The van der Waals surface area contributed by atoms with E-state index in [4.69, 9.17) is 37.8 Å². The van der Waals surface area contributed by atoms with Crippen molar-refractivity contribution in [3.63, 3.8) is 0 Å². The first-order valence-corrected chi connectivity index (χ1v) is 9.09. The number of hydrogen-bond donors (Lipinski definition) is 2. The third-order valence-corrected chi connectivity index (χ3v) is 4.00. The van der Waals surface area contributed by atoms with E-state index in [1.165, 1.54) is 18.2 Å². The van der Waals surface area contributed by atoms with Crippen molar-refractivity contribution in [1.82, 2.24) is 0 Å². The van der Waals surface area contributed by atoms with Crippen molar-refractivity contribution in [3.8, 4) is 17.6 Å². The zero-order valence-electron chi connectivity index (χ0n) is 15.2. The Labute approximate surface area is 177 Å². The highest BCUT2D eigenvalue weighted by molar-refractivity contribution is 6.37. The monoisotopic (exact) mass is 434 g/mol. The number of halogens is 2. The van der Waals surface area contributed by atoms with Gasteiger partial charge in [0, 0.05) is 11.8 Å². The molecule has 0 bridgehead atoms. The SMILES string of the molecule is CCOc1cccc(NC(=O)C(C#N)=Cc2cc(Cl)c(OCC(=O)O)c(Cl)c2)c1. The Kier molecular flexibility index (Phi) is 7.89. The molecule has 1 amide bonds. The van der Waals surface area contributed by atoms with Crippen molar-refractivity contribution in [2.75, 3.05) is 18.5 Å². The van der Waals surface area contributed by atoms with E-state index in [9.17, 15) is 14.9 Å². The number of benzene rings is 2. The Morgan fingerprint density at radius 1 is 1.21 bits per heavy atom. The number of hydrogen-bond acceptors (Lipinski definition) is 5. The molecule has 2 rings (SSSR count). The van der Waals surface area contributed by atoms with Gasteiger partial charge >= 0.3 is 5.97 Å². The van der Waals surface area contributed by atoms with E-state index in [1.54, 1.807) is 24.3 Å². The smallest absolute Gasteiger partial charge is 0.341 e. The van der Waals surface area contributed by atoms with E-state index in [1.807, 2.05) is 13.0 Å². The highest BCUT2D eigenvalue weighted by atomic mass is 35.5. The van der Waals surface area contributed by atoms with Crippen LogP contribution < -0.4 is 14.8 Å². The topological polar surface area (TPSA) is 109 Å². The molecule has 0 radical (unpaired) electrons. The van der Waals surface area contributed by atoms with Crippen molar-refractivity contribution in [3.05, 3.63) is 57.6 Å². The lowest BCUT2D eigenvalue weighted by atomic mass is 10.1. The second kappa shape index (κ2) is 10.4. The van der Waals surface area contributed by atoms with Crippen molar-refractivity contribution in [2.24, 2.45) is 0 Å². The molecule has 0 fully saturated rings. The summed E-state index contributed by atoms with van der Waals surface area (Å²) in [5.74, 6) is -1.22. The summed E-state index contributed by atoms with van der Waals surface area (Å²) < 4.78 is 10.4. The van der Waals surface area contributed by atoms with Gasteiger partial charge in [-0.25, -0.2) is 4.79 Å². The first kappa shape index (κ1) is 22.1. The maximum absolute atomic E-state index is 12.4. The number of nitriles is 1. The predicted molar refractivity (Wildman–Crippen MR) is 109 cm³/mol. The molecule has 0 saturated heterocycles. The van der Waals surface area contributed by atoms with Crippen molar-refractivity contribution >= 4 is 46.8 Å². The molecular weight excluding hydrogens is 419 g/mol. The van der Waals surface area contributed by atoms with Crippen LogP contribution in [0.15, 0.2) is 42.0 Å². The molecule has 0 aromatic heterocycles. The van der Waals surface area contributed by atoms with Crippen LogP contribution in [-0.4, -0.2) is 30.2 Å². The lowest BCUT2D eigenvalue weighted by Gasteiger charge is -2.10. The number of ether oxygens (including phenoxy) is 2. The van der Waals surface area contributed by atoms with Crippen molar-refractivity contribution in [2.45, 2.75) is 6.92 Å². The average molecular weight is 435 g/mol. The Hall–Kier alpha value is -3.21. The van der Waals surface area contributed by atoms with Crippen LogP contribution in [-0.2, 0) is 9.59 Å². The van der Waals surface area contributed by atoms with E-state index in [2.05, 4.69) is 5.32 Å². The normalized spacial score (nSPS) is 10.8. The highest BCUT2D eigenvalue weighted by Crippen LogP contribution is 2.35. The van der Waals surface area contributed by atoms with Crippen molar-refractivity contribution in [1.29, 1.82) is 5.26 Å². The fourth-order valence-corrected chi connectivity index (χ4v) is 2.89. The van der Waals surface area contributed by atoms with Crippen LogP contribution in [0.3, 0.4) is 0 Å². The first-order valence-electron chi connectivity index (χ1n) is 8.33. The van der Waals surface area contributed by atoms with E-state index in [0.29, 0.717) is 23.6 Å². The molecule has 7 nitrogen and oxygen atoms in total. The number of carboxylic acid groups (broad SMARTS) is 1. The number of amides is 1. The molecule has 9 heteroatoms. The number of nitrogens with zero attached hydrogens (tertiary/aromatic N) is 1. The van der Waals surface area contributed by atoms with E-state index < -0.39 is 18.5 Å². The van der Waals surface area contributed by atoms with Gasteiger partial charge < -0.3 is 19.9 Å². The lowest BCUT2D eigenvalue weighted by molar-refractivity contribution is -0.139. The van der Waals surface area contributed by atoms with Crippen LogP contribution in [0.2, 0.25) is 10.0 Å². The minimum Gasteiger partial charge on any atom is -0.494 e. The van der Waals surface area contributed by atoms with Crippen LogP contribution in [0.25, 0.3) is 6.08 Å². The largest absolute Gasteiger partial charge is 0.494 e. The summed E-state index contributed by atoms with van der Waals surface area (Å²) in [7, 11) is 0. The van der Waals surface area contributed by atoms with Gasteiger partial charge in [0.05, 0.1) is 16.7 Å². The number of carbonyl (C=O) groups excluding carboxylic acids is 1. The minimum absolute atomic E-state index is 0.00332. The van der Waals surface area contributed by atoms with Crippen molar-refractivity contribution < 1.29 is 24.2 Å². The molecule has 2 aromatic carbocycles. The van der Waals surface area contributed by atoms with Gasteiger partial charge in [0.2, 0.25) is 0 Å². The number of rotatable bonds is 8. The van der Waals surface area contributed by atoms with Crippen LogP contribution in [0.5, 0.6) is 11.5 Å². The lowest BCUT2D eigenvalue weighted by Crippen LogP contribution is -2.13. The summed E-state index contributed by atoms with van der Waals surface area (Å²) >= 11 is 12.1. The maximum Gasteiger partial charge on any atom is 0.341 e. The molecule has 29 heavy (non-hydrogen) atoms. The number of aliphatic carboxylic acids is 1. The van der Waals surface area contributed by atoms with Gasteiger partial charge in [-0.1, -0.05) is 29.3 Å². The summed E-state index contributed by atoms with van der Waals surface area (Å²) in [5, 5.41) is 20.8. The maximum atomic E-state index is 12.4. The summed E-state index contributed by atoms with van der Waals surface area (Å²) in [5.41, 5.74) is 0.658. The molecule has 0 spiro atoms. The zero-order chi connectivity index (χ0) is 21.4. The first-order chi connectivity index (χ1) is 13.8. The van der Waals surface area contributed by atoms with Gasteiger partial charge in [-0.2, -0.15) is 5.26 Å². The second-order valence-corrected chi connectivity index (χ2v) is 6.40. The summed E-state index contributed by atoms with van der Waals surface area (Å²) in [6, 6.07) is 11.4. The van der Waals surface area contributed by atoms with Gasteiger partial charge in [-0.3, -0.25) is 4.79 Å². The molecule has 0 atom stereocenters. The summed E-state index contributed by atoms with van der Waals surface area (Å²) in [6.07, 6.45) is 1.31. The van der Waals surface area contributed by atoms with Gasteiger partial charge in [0.15, 0.2) is 12.4 Å². The second-order valence-electron chi connectivity index (χ2n) is 5.58. The molecule has 0 aliphatic rings. The fraction of sp³-hybridized carbons (Fsp3) is 0.150. The Morgan fingerprint density at radius 3 is 2.48 bits per heavy atom. The predicted octanol–water partition coefficient (Wildman–Crippen LogP) is 4.40. The van der Waals surface area contributed by atoms with Gasteiger partial charge in [0.1, 0.15) is 17.4 Å². The van der Waals surface area contributed by atoms with Gasteiger partial charge in [-0.05, 0) is 42.8 Å². The van der Waals surface area contributed by atoms with Crippen LogP contribution in [0, 0.1) is 11.3 Å². The van der Waals surface area contributed by atoms with E-state index >= 15 is 0 Å². The summed E-state index contributed by atoms with van der Waals surface area (Å²) in [6.45, 7) is 1.71. The number of anilines is 1. The fourth-order valence-electron chi connectivity index (χ4n) is 2.28. The average Bonchev–Trinajstić information content (AvgIpc) is 2.65. The van der Waals surface area contributed by atoms with E-state index in [0.717, 1.165) is 0 Å². The zero-order valence-corrected chi connectivity index (χ0v) is 16.8. The Bertz CT molecular complexity index is 976. The molecule has 2 aromatic rings. The molecule has 2 N–H and O–H groups in total. The summed E-state index contributed by atoms with van der Waals surface area (Å²) in [4.78, 5) is 23.1. The Balaban J connectivity index is 2.22. The number of carbonyl (C=O) groups is 2. The van der Waals surface area contributed by atoms with Gasteiger partial charge in [-0.15, -0.1) is 0 Å². The molecular formula is C20H16Cl2N2O5. The molecule has 0 unspecified atom stereocenters. The van der Waals surface area contributed by atoms with Gasteiger partial charge in [0.25, 0.3) is 5.91 Å². The molecule has 0 aliphatic carbocycles. The third-order valence-electron chi connectivity index (χ3n) is 3.44. The number of carboxylic acids is 1. The van der Waals surface area contributed by atoms with E-state index in [-0.39, 0.29) is 21.4 Å². The number of nitrogens with one attached hydrogen (secondary N) is 1. The van der Waals surface area contributed by atoms with Crippen LogP contribution in [0.1, 0.15) is 12.5 Å². The molecule has 0 aliphatic heterocycles. The molecule has 150 valence electrons. The quantitative estimate of drug-likeness (QED) is 0.470. The van der Waals surface area contributed by atoms with Crippen LogP contribution in [0.4, 0.5) is 5.69 Å². The standard InChI is InChI=1S/C20H16Cl2N2O5/c1-2-28-15-5-3-4-14(9-15)24-20(27)13(10-23)6-12-7-16(21)19(17(22)8-12)29-11-18(25)26/h3-9H,2,11H2,1H3,(H,24,27)(H,25,26). The van der Waals surface area contributed by atoms with Crippen LogP contribution >= 0.6 is 23.2 Å². The highest BCUT2D eigenvalue weighted by Gasteiger charge is 2.14. The molecule has 0 heterocycles. The minimum atomic E-state index is -1.18.